The maximum atomic E-state index is 13.1. The Hall–Kier alpha value is -2.22. The molecule has 3 aromatic rings. The van der Waals surface area contributed by atoms with Crippen molar-refractivity contribution >= 4 is 69.0 Å². The first-order chi connectivity index (χ1) is 15.9. The topological polar surface area (TPSA) is 38.8 Å². The van der Waals surface area contributed by atoms with Gasteiger partial charge in [-0.15, -0.1) is 0 Å². The number of carbonyl (C=O) groups excluding carboxylic acids is 1. The van der Waals surface area contributed by atoms with E-state index in [0.29, 0.717) is 40.3 Å². The first kappa shape index (κ1) is 23.9. The van der Waals surface area contributed by atoms with Gasteiger partial charge in [-0.1, -0.05) is 47.5 Å². The minimum absolute atomic E-state index is 0.00405. The minimum Gasteiger partial charge on any atom is -0.490 e. The summed E-state index contributed by atoms with van der Waals surface area (Å²) in [5.74, 6) is 1.26. The third-order valence-corrected chi connectivity index (χ3v) is 6.69. The van der Waals surface area contributed by atoms with Crippen LogP contribution in [-0.2, 0) is 11.4 Å². The maximum absolute atomic E-state index is 13.1. The van der Waals surface area contributed by atoms with E-state index < -0.39 is 0 Å². The summed E-state index contributed by atoms with van der Waals surface area (Å²) in [6.07, 6.45) is 1.92. The summed E-state index contributed by atoms with van der Waals surface area (Å²) < 4.78 is 12.9. The Kier molecular flexibility index (Phi) is 7.51. The molecule has 0 bridgehead atoms. The fourth-order valence-corrected chi connectivity index (χ4v) is 5.03. The lowest BCUT2D eigenvalue weighted by Gasteiger charge is -2.16. The summed E-state index contributed by atoms with van der Waals surface area (Å²) in [4.78, 5) is 14.8. The van der Waals surface area contributed by atoms with Crippen LogP contribution in [-0.4, -0.2) is 19.1 Å². The summed E-state index contributed by atoms with van der Waals surface area (Å²) >= 11 is 14.5. The highest BCUT2D eigenvalue weighted by Gasteiger charge is 2.30. The lowest BCUT2D eigenvalue weighted by atomic mass is 10.0. The lowest BCUT2D eigenvalue weighted by Crippen LogP contribution is -2.25. The van der Waals surface area contributed by atoms with Crippen molar-refractivity contribution in [2.45, 2.75) is 20.5 Å². The zero-order valence-electron chi connectivity index (χ0n) is 18.2. The van der Waals surface area contributed by atoms with Gasteiger partial charge in [0.25, 0.3) is 5.91 Å². The second-order valence-electron chi connectivity index (χ2n) is 7.41. The molecule has 0 aliphatic carbocycles. The molecular weight excluding hydrogens is 572 g/mol. The minimum atomic E-state index is 0.00405. The third-order valence-electron chi connectivity index (χ3n) is 5.31. The molecule has 1 aliphatic rings. The van der Waals surface area contributed by atoms with E-state index in [-0.39, 0.29) is 12.5 Å². The molecule has 3 aromatic carbocycles. The number of likely N-dealkylation sites (N-methyl/N-ethyl adjacent to an activating group) is 1. The lowest BCUT2D eigenvalue weighted by molar-refractivity contribution is -0.112. The highest BCUT2D eigenvalue weighted by Crippen LogP contribution is 2.40. The standard InChI is InChI=1S/C26H22Cl2INO3/c1-3-30-23-8-6-5-7-19(23)20(26(30)31)11-16-12-22(29)25(24(13-16)32-4-2)33-15-17-9-10-18(27)14-21(17)28/h5-14H,3-4,15H2,1-2H3/b20-11-. The molecule has 0 saturated heterocycles. The van der Waals surface area contributed by atoms with Crippen molar-refractivity contribution in [2.24, 2.45) is 0 Å². The van der Waals surface area contributed by atoms with Crippen LogP contribution >= 0.6 is 45.8 Å². The summed E-state index contributed by atoms with van der Waals surface area (Å²) in [7, 11) is 0. The van der Waals surface area contributed by atoms with Crippen LogP contribution in [0.2, 0.25) is 10.0 Å². The van der Waals surface area contributed by atoms with Gasteiger partial charge in [0.2, 0.25) is 0 Å². The number of ether oxygens (including phenoxy) is 2. The molecule has 0 aromatic heterocycles. The van der Waals surface area contributed by atoms with Crippen LogP contribution in [0.15, 0.2) is 54.6 Å². The van der Waals surface area contributed by atoms with E-state index in [1.165, 1.54) is 0 Å². The predicted octanol–water partition coefficient (Wildman–Crippen LogP) is 7.48. The third kappa shape index (κ3) is 5.00. The summed E-state index contributed by atoms with van der Waals surface area (Å²) in [5.41, 5.74) is 4.26. The van der Waals surface area contributed by atoms with Gasteiger partial charge in [0.05, 0.1) is 15.9 Å². The molecule has 0 spiro atoms. The Morgan fingerprint density at radius 2 is 1.82 bits per heavy atom. The largest absolute Gasteiger partial charge is 0.490 e. The summed E-state index contributed by atoms with van der Waals surface area (Å²) in [5, 5.41) is 1.13. The average Bonchev–Trinajstić information content (AvgIpc) is 3.05. The van der Waals surface area contributed by atoms with E-state index in [9.17, 15) is 4.79 Å². The molecule has 0 radical (unpaired) electrons. The number of halogens is 3. The number of amides is 1. The Morgan fingerprint density at radius 1 is 1.03 bits per heavy atom. The van der Waals surface area contributed by atoms with Crippen LogP contribution in [0.4, 0.5) is 5.69 Å². The van der Waals surface area contributed by atoms with Gasteiger partial charge in [-0.05, 0) is 78.4 Å². The van der Waals surface area contributed by atoms with Gasteiger partial charge in [0.15, 0.2) is 11.5 Å². The van der Waals surface area contributed by atoms with Crippen molar-refractivity contribution in [2.75, 3.05) is 18.1 Å². The molecule has 0 fully saturated rings. The van der Waals surface area contributed by atoms with Crippen molar-refractivity contribution in [3.05, 3.63) is 84.9 Å². The molecule has 1 amide bonds. The van der Waals surface area contributed by atoms with E-state index in [2.05, 4.69) is 22.6 Å². The maximum Gasteiger partial charge on any atom is 0.258 e. The second-order valence-corrected chi connectivity index (χ2v) is 9.42. The van der Waals surface area contributed by atoms with Crippen molar-refractivity contribution in [3.63, 3.8) is 0 Å². The van der Waals surface area contributed by atoms with Crippen LogP contribution in [0.25, 0.3) is 11.6 Å². The molecule has 7 heteroatoms. The molecule has 33 heavy (non-hydrogen) atoms. The first-order valence-corrected chi connectivity index (χ1v) is 12.4. The van der Waals surface area contributed by atoms with Crippen molar-refractivity contribution in [1.82, 2.24) is 0 Å². The van der Waals surface area contributed by atoms with Gasteiger partial charge < -0.3 is 14.4 Å². The van der Waals surface area contributed by atoms with E-state index in [0.717, 1.165) is 25.9 Å². The molecule has 1 aliphatic heterocycles. The quantitative estimate of drug-likeness (QED) is 0.210. The van der Waals surface area contributed by atoms with Gasteiger partial charge in [0.1, 0.15) is 6.61 Å². The molecule has 4 nitrogen and oxygen atoms in total. The fraction of sp³-hybridized carbons (Fsp3) is 0.192. The highest BCUT2D eigenvalue weighted by atomic mass is 127. The molecular formula is C26H22Cl2INO3. The van der Waals surface area contributed by atoms with Gasteiger partial charge in [-0.3, -0.25) is 4.79 Å². The molecule has 0 atom stereocenters. The Bertz CT molecular complexity index is 1240. The van der Waals surface area contributed by atoms with Crippen LogP contribution in [0.3, 0.4) is 0 Å². The number of nitrogens with zero attached hydrogens (tertiary/aromatic N) is 1. The second kappa shape index (κ2) is 10.4. The highest BCUT2D eigenvalue weighted by molar-refractivity contribution is 14.1. The van der Waals surface area contributed by atoms with E-state index in [4.69, 9.17) is 32.7 Å². The number of fused-ring (bicyclic) bond motifs is 1. The number of hydrogen-bond acceptors (Lipinski definition) is 3. The van der Waals surface area contributed by atoms with Crippen molar-refractivity contribution < 1.29 is 14.3 Å². The van der Waals surface area contributed by atoms with E-state index in [1.54, 1.807) is 17.0 Å². The fourth-order valence-electron chi connectivity index (χ4n) is 3.79. The number of hydrogen-bond donors (Lipinski definition) is 0. The first-order valence-electron chi connectivity index (χ1n) is 10.6. The van der Waals surface area contributed by atoms with Crippen molar-refractivity contribution in [1.29, 1.82) is 0 Å². The zero-order chi connectivity index (χ0) is 23.5. The Labute approximate surface area is 217 Å². The number of carbonyl (C=O) groups is 1. The molecule has 170 valence electrons. The number of anilines is 1. The van der Waals surface area contributed by atoms with Crippen LogP contribution < -0.4 is 14.4 Å². The number of para-hydroxylation sites is 1. The number of rotatable bonds is 7. The monoisotopic (exact) mass is 593 g/mol. The molecule has 0 unspecified atom stereocenters. The normalized spacial score (nSPS) is 14.0. The van der Waals surface area contributed by atoms with Crippen LogP contribution in [0.5, 0.6) is 11.5 Å². The Balaban J connectivity index is 1.68. The van der Waals surface area contributed by atoms with Crippen LogP contribution in [0, 0.1) is 3.57 Å². The Morgan fingerprint density at radius 3 is 2.55 bits per heavy atom. The predicted molar refractivity (Wildman–Crippen MR) is 143 cm³/mol. The molecule has 0 N–H and O–H groups in total. The average molecular weight is 594 g/mol. The van der Waals surface area contributed by atoms with E-state index in [1.807, 2.05) is 62.4 Å². The smallest absolute Gasteiger partial charge is 0.258 e. The van der Waals surface area contributed by atoms with Gasteiger partial charge in [0, 0.05) is 33.3 Å². The van der Waals surface area contributed by atoms with Gasteiger partial charge in [-0.2, -0.15) is 0 Å². The number of benzene rings is 3. The zero-order valence-corrected chi connectivity index (χ0v) is 21.9. The van der Waals surface area contributed by atoms with Crippen LogP contribution in [0.1, 0.15) is 30.5 Å². The molecule has 0 saturated carbocycles. The summed E-state index contributed by atoms with van der Waals surface area (Å²) in [6.45, 7) is 5.29. The SMILES string of the molecule is CCOc1cc(/C=C2\C(=O)N(CC)c3ccccc32)cc(I)c1OCc1ccc(Cl)cc1Cl. The molecule has 4 rings (SSSR count). The van der Waals surface area contributed by atoms with Crippen molar-refractivity contribution in [3.8, 4) is 11.5 Å². The van der Waals surface area contributed by atoms with Gasteiger partial charge in [-0.25, -0.2) is 0 Å². The summed E-state index contributed by atoms with van der Waals surface area (Å²) in [6, 6.07) is 17.1. The van der Waals surface area contributed by atoms with Gasteiger partial charge >= 0.3 is 0 Å². The van der Waals surface area contributed by atoms with E-state index >= 15 is 0 Å². The molecule has 1 heterocycles.